The number of hydrogen-bond donors (Lipinski definition) is 1. The van der Waals surface area contributed by atoms with Crippen molar-refractivity contribution >= 4 is 5.97 Å². The quantitative estimate of drug-likeness (QED) is 0.907. The summed E-state index contributed by atoms with van der Waals surface area (Å²) in [4.78, 5) is 10.6. The highest BCUT2D eigenvalue weighted by Crippen LogP contribution is 2.17. The third-order valence-electron chi connectivity index (χ3n) is 3.58. The van der Waals surface area contributed by atoms with E-state index in [0.717, 1.165) is 36.6 Å². The molecule has 0 aliphatic carbocycles. The van der Waals surface area contributed by atoms with Crippen LogP contribution in [-0.2, 0) is 30.8 Å². The largest absolute Gasteiger partial charge is 0.486 e. The summed E-state index contributed by atoms with van der Waals surface area (Å²) in [5.41, 5.74) is 0.759. The summed E-state index contributed by atoms with van der Waals surface area (Å²) in [6.07, 6.45) is 3.33. The number of fused-ring (bicyclic) bond motifs is 1. The maximum absolute atomic E-state index is 10.6. The van der Waals surface area contributed by atoms with Crippen LogP contribution in [0.25, 0.3) is 0 Å². The Bertz CT molecular complexity index is 634. The van der Waals surface area contributed by atoms with E-state index in [4.69, 9.17) is 9.84 Å². The lowest BCUT2D eigenvalue weighted by Gasteiger charge is -2.14. The van der Waals surface area contributed by atoms with Gasteiger partial charge in [-0.25, -0.2) is 0 Å². The summed E-state index contributed by atoms with van der Waals surface area (Å²) in [7, 11) is 0. The zero-order valence-electron chi connectivity index (χ0n) is 11.7. The smallest absolute Gasteiger partial charge is 0.307 e. The fraction of sp³-hybridized carbons (Fsp3) is 0.400. The van der Waals surface area contributed by atoms with E-state index in [9.17, 15) is 4.79 Å². The molecule has 0 saturated heterocycles. The van der Waals surface area contributed by atoms with E-state index < -0.39 is 5.97 Å². The van der Waals surface area contributed by atoms with Gasteiger partial charge in [-0.3, -0.25) is 4.79 Å². The second-order valence-electron chi connectivity index (χ2n) is 5.14. The number of carbonyl (C=O) groups is 1. The summed E-state index contributed by atoms with van der Waals surface area (Å²) >= 11 is 0. The van der Waals surface area contributed by atoms with Crippen LogP contribution >= 0.6 is 0 Å². The van der Waals surface area contributed by atoms with Gasteiger partial charge in [0.05, 0.1) is 6.42 Å². The van der Waals surface area contributed by atoms with E-state index in [2.05, 4.69) is 14.8 Å². The molecule has 6 heteroatoms. The fourth-order valence-corrected chi connectivity index (χ4v) is 2.50. The molecular weight excluding hydrogens is 270 g/mol. The molecule has 6 nitrogen and oxygen atoms in total. The Balaban J connectivity index is 1.62. The van der Waals surface area contributed by atoms with Gasteiger partial charge >= 0.3 is 5.97 Å². The number of hydrogen-bond acceptors (Lipinski definition) is 4. The lowest BCUT2D eigenvalue weighted by molar-refractivity contribution is -0.136. The first-order valence-corrected chi connectivity index (χ1v) is 7.07. The van der Waals surface area contributed by atoms with E-state index in [1.54, 1.807) is 24.3 Å². The van der Waals surface area contributed by atoms with Gasteiger partial charge in [0.15, 0.2) is 5.82 Å². The number of aryl methyl sites for hydroxylation is 1. The van der Waals surface area contributed by atoms with Crippen LogP contribution in [-0.4, -0.2) is 25.8 Å². The van der Waals surface area contributed by atoms with Crippen molar-refractivity contribution in [3.05, 3.63) is 41.5 Å². The Kier molecular flexibility index (Phi) is 3.85. The molecule has 0 amide bonds. The van der Waals surface area contributed by atoms with Gasteiger partial charge in [-0.05, 0) is 30.5 Å². The molecule has 1 aliphatic heterocycles. The van der Waals surface area contributed by atoms with Gasteiger partial charge in [0.2, 0.25) is 0 Å². The molecule has 0 atom stereocenters. The van der Waals surface area contributed by atoms with Gasteiger partial charge in [0, 0.05) is 13.0 Å². The van der Waals surface area contributed by atoms with Crippen molar-refractivity contribution in [3.8, 4) is 5.75 Å². The van der Waals surface area contributed by atoms with Crippen LogP contribution in [0, 0.1) is 0 Å². The van der Waals surface area contributed by atoms with E-state index in [-0.39, 0.29) is 6.42 Å². The molecule has 1 N–H and O–H groups in total. The molecule has 0 radical (unpaired) electrons. The molecule has 2 aromatic rings. The predicted molar refractivity (Wildman–Crippen MR) is 75.1 cm³/mol. The molecule has 1 aromatic carbocycles. The molecule has 110 valence electrons. The topological polar surface area (TPSA) is 77.2 Å². The monoisotopic (exact) mass is 287 g/mol. The van der Waals surface area contributed by atoms with Crippen LogP contribution in [0.3, 0.4) is 0 Å². The Morgan fingerprint density at radius 3 is 2.81 bits per heavy atom. The zero-order chi connectivity index (χ0) is 14.7. The number of carboxylic acids is 1. The second-order valence-corrected chi connectivity index (χ2v) is 5.14. The number of benzene rings is 1. The normalized spacial score (nSPS) is 13.7. The molecule has 0 bridgehead atoms. The highest BCUT2D eigenvalue weighted by atomic mass is 16.5. The number of aromatic nitrogens is 3. The van der Waals surface area contributed by atoms with Crippen LogP contribution < -0.4 is 4.74 Å². The molecular formula is C15H17N3O3. The molecule has 2 heterocycles. The van der Waals surface area contributed by atoms with E-state index in [1.165, 1.54) is 6.42 Å². The van der Waals surface area contributed by atoms with E-state index in [0.29, 0.717) is 12.4 Å². The number of carboxylic acid groups (broad SMARTS) is 1. The first kappa shape index (κ1) is 13.6. The van der Waals surface area contributed by atoms with Gasteiger partial charge in [0.25, 0.3) is 0 Å². The molecule has 0 unspecified atom stereocenters. The maximum atomic E-state index is 10.6. The number of nitrogens with zero attached hydrogens (tertiary/aromatic N) is 3. The van der Waals surface area contributed by atoms with Crippen molar-refractivity contribution < 1.29 is 14.6 Å². The highest BCUT2D eigenvalue weighted by Gasteiger charge is 2.15. The minimum atomic E-state index is -0.834. The Morgan fingerprint density at radius 2 is 2.05 bits per heavy atom. The number of aliphatic carboxylic acids is 1. The summed E-state index contributed by atoms with van der Waals surface area (Å²) in [5, 5.41) is 17.1. The Hall–Kier alpha value is -2.37. The lowest BCUT2D eigenvalue weighted by atomic mass is 10.1. The highest BCUT2D eigenvalue weighted by molar-refractivity contribution is 5.70. The third kappa shape index (κ3) is 3.21. The van der Waals surface area contributed by atoms with Crippen molar-refractivity contribution in [3.63, 3.8) is 0 Å². The summed E-state index contributed by atoms with van der Waals surface area (Å²) < 4.78 is 7.83. The first-order chi connectivity index (χ1) is 10.2. The van der Waals surface area contributed by atoms with E-state index >= 15 is 0 Å². The zero-order valence-corrected chi connectivity index (χ0v) is 11.7. The molecule has 0 saturated carbocycles. The van der Waals surface area contributed by atoms with Gasteiger partial charge in [0.1, 0.15) is 18.2 Å². The SMILES string of the molecule is O=C(O)Cc1ccc(OCc2nnc3n2CCCC3)cc1. The molecule has 0 spiro atoms. The van der Waals surface area contributed by atoms with E-state index in [1.807, 2.05) is 0 Å². The van der Waals surface area contributed by atoms with Crippen LogP contribution in [0.15, 0.2) is 24.3 Å². The summed E-state index contributed by atoms with van der Waals surface area (Å²) in [6.45, 7) is 1.34. The number of ether oxygens (including phenoxy) is 1. The summed E-state index contributed by atoms with van der Waals surface area (Å²) in [5.74, 6) is 1.76. The molecule has 1 aromatic heterocycles. The van der Waals surface area contributed by atoms with Crippen LogP contribution in [0.2, 0.25) is 0 Å². The van der Waals surface area contributed by atoms with Gasteiger partial charge < -0.3 is 14.4 Å². The number of rotatable bonds is 5. The van der Waals surface area contributed by atoms with Crippen molar-refractivity contribution in [1.29, 1.82) is 0 Å². The second kappa shape index (κ2) is 5.95. The van der Waals surface area contributed by atoms with Crippen molar-refractivity contribution in [2.24, 2.45) is 0 Å². The van der Waals surface area contributed by atoms with Crippen LogP contribution in [0.5, 0.6) is 5.75 Å². The lowest BCUT2D eigenvalue weighted by Crippen LogP contribution is -2.14. The van der Waals surface area contributed by atoms with Gasteiger partial charge in [-0.1, -0.05) is 12.1 Å². The molecule has 21 heavy (non-hydrogen) atoms. The minimum Gasteiger partial charge on any atom is -0.486 e. The maximum Gasteiger partial charge on any atom is 0.307 e. The van der Waals surface area contributed by atoms with Gasteiger partial charge in [-0.15, -0.1) is 10.2 Å². The first-order valence-electron chi connectivity index (χ1n) is 7.07. The molecule has 0 fully saturated rings. The van der Waals surface area contributed by atoms with Crippen molar-refractivity contribution in [2.75, 3.05) is 0 Å². The molecule has 3 rings (SSSR count). The molecule has 1 aliphatic rings. The summed E-state index contributed by atoms with van der Waals surface area (Å²) in [6, 6.07) is 7.10. The predicted octanol–water partition coefficient (Wildman–Crippen LogP) is 1.82. The van der Waals surface area contributed by atoms with Gasteiger partial charge in [-0.2, -0.15) is 0 Å². The van der Waals surface area contributed by atoms with Crippen LogP contribution in [0.4, 0.5) is 0 Å². The Morgan fingerprint density at radius 1 is 1.24 bits per heavy atom. The average molecular weight is 287 g/mol. The van der Waals surface area contributed by atoms with Crippen molar-refractivity contribution in [2.45, 2.75) is 38.8 Å². The van der Waals surface area contributed by atoms with Crippen molar-refractivity contribution in [1.82, 2.24) is 14.8 Å². The average Bonchev–Trinajstić information content (AvgIpc) is 2.89. The Labute approximate surface area is 122 Å². The third-order valence-corrected chi connectivity index (χ3v) is 3.58. The minimum absolute atomic E-state index is 0.0258. The fourth-order valence-electron chi connectivity index (χ4n) is 2.50. The standard InChI is InChI=1S/C15H17N3O3/c19-15(20)9-11-4-6-12(7-5-11)21-10-14-17-16-13-3-1-2-8-18(13)14/h4-7H,1-3,8-10H2,(H,19,20). The van der Waals surface area contributed by atoms with Crippen LogP contribution in [0.1, 0.15) is 30.1 Å².